The summed E-state index contributed by atoms with van der Waals surface area (Å²) in [6, 6.07) is 0. The average Bonchev–Trinajstić information content (AvgIpc) is 3.01. The highest BCUT2D eigenvalue weighted by molar-refractivity contribution is 5.76. The molecule has 0 fully saturated rings. The van der Waals surface area contributed by atoms with Gasteiger partial charge >= 0.3 is 0 Å². The minimum atomic E-state index is -0.240. The quantitative estimate of drug-likeness (QED) is 0.664. The van der Waals surface area contributed by atoms with E-state index in [9.17, 15) is 0 Å². The van der Waals surface area contributed by atoms with Gasteiger partial charge in [0.05, 0.1) is 0 Å². The van der Waals surface area contributed by atoms with Crippen molar-refractivity contribution in [1.29, 1.82) is 0 Å². The third-order valence-electron chi connectivity index (χ3n) is 3.31. The Hall–Kier alpha value is -1.12. The maximum absolute atomic E-state index is 5.63. The average molecular weight is 246 g/mol. The Labute approximate surface area is 110 Å². The molecule has 0 radical (unpaired) electrons. The first-order chi connectivity index (χ1) is 8.69. The van der Waals surface area contributed by atoms with E-state index in [0.29, 0.717) is 19.1 Å². The molecule has 0 heterocycles. The number of ether oxygens (including phenoxy) is 2. The smallest absolute Gasteiger partial charge is 0.184 e. The summed E-state index contributed by atoms with van der Waals surface area (Å²) in [6.07, 6.45) is 7.59. The number of hydrogen-bond donors (Lipinski definition) is 0. The van der Waals surface area contributed by atoms with Gasteiger partial charge in [0.1, 0.15) is 0 Å². The summed E-state index contributed by atoms with van der Waals surface area (Å²) in [6.45, 7) is 11.6. The predicted octanol–water partition coefficient (Wildman–Crippen LogP) is 3.77. The van der Waals surface area contributed by atoms with E-state index in [1.54, 1.807) is 0 Å². The van der Waals surface area contributed by atoms with E-state index in [1.165, 1.54) is 11.1 Å². The van der Waals surface area contributed by atoms with E-state index in [4.69, 9.17) is 9.47 Å². The van der Waals surface area contributed by atoms with Crippen molar-refractivity contribution in [3.05, 3.63) is 47.1 Å². The maximum Gasteiger partial charge on any atom is 0.184 e. The molecule has 1 unspecified atom stereocenters. The van der Waals surface area contributed by atoms with Crippen LogP contribution in [0.5, 0.6) is 0 Å². The summed E-state index contributed by atoms with van der Waals surface area (Å²) in [5.74, 6) is 0.638. The summed E-state index contributed by atoms with van der Waals surface area (Å²) in [7, 11) is 0. The molecule has 0 aromatic carbocycles. The van der Waals surface area contributed by atoms with Crippen LogP contribution in [0.1, 0.15) is 27.2 Å². The van der Waals surface area contributed by atoms with Gasteiger partial charge in [-0.2, -0.15) is 0 Å². The molecule has 0 aromatic rings. The van der Waals surface area contributed by atoms with Gasteiger partial charge in [0.15, 0.2) is 6.29 Å². The molecular weight excluding hydrogens is 224 g/mol. The van der Waals surface area contributed by atoms with Crippen LogP contribution in [0.3, 0.4) is 0 Å². The molecule has 0 saturated carbocycles. The molecule has 2 aliphatic carbocycles. The molecular formula is C16H22O2. The van der Waals surface area contributed by atoms with E-state index in [-0.39, 0.29) is 6.29 Å². The van der Waals surface area contributed by atoms with Crippen LogP contribution in [0.4, 0.5) is 0 Å². The van der Waals surface area contributed by atoms with Crippen LogP contribution in [0, 0.1) is 5.92 Å². The zero-order valence-corrected chi connectivity index (χ0v) is 11.5. The second-order valence-electron chi connectivity index (χ2n) is 4.74. The minimum Gasteiger partial charge on any atom is -0.349 e. The van der Waals surface area contributed by atoms with Crippen molar-refractivity contribution in [2.24, 2.45) is 5.92 Å². The molecule has 98 valence electrons. The Morgan fingerprint density at radius 2 is 2.00 bits per heavy atom. The van der Waals surface area contributed by atoms with Gasteiger partial charge in [-0.15, -0.1) is 0 Å². The molecule has 0 bridgehead atoms. The van der Waals surface area contributed by atoms with Gasteiger partial charge in [0, 0.05) is 18.8 Å². The van der Waals surface area contributed by atoms with Crippen molar-refractivity contribution >= 4 is 0 Å². The summed E-state index contributed by atoms with van der Waals surface area (Å²) in [5.41, 5.74) is 4.75. The lowest BCUT2D eigenvalue weighted by Gasteiger charge is -2.13. The maximum atomic E-state index is 5.63. The van der Waals surface area contributed by atoms with Crippen molar-refractivity contribution < 1.29 is 9.47 Å². The minimum absolute atomic E-state index is 0.240. The molecule has 1 atom stereocenters. The predicted molar refractivity (Wildman–Crippen MR) is 74.2 cm³/mol. The van der Waals surface area contributed by atoms with Gasteiger partial charge in [-0.05, 0) is 42.9 Å². The lowest BCUT2D eigenvalue weighted by molar-refractivity contribution is -0.107. The SMILES string of the molecule is C=C1C(C2=CCC(C)C=C2)=C1C(OCC)OCC. The van der Waals surface area contributed by atoms with Crippen LogP contribution in [0.2, 0.25) is 0 Å². The number of allylic oxidation sites excluding steroid dienone is 5. The largest absolute Gasteiger partial charge is 0.349 e. The second kappa shape index (κ2) is 5.68. The summed E-state index contributed by atoms with van der Waals surface area (Å²) < 4.78 is 11.3. The van der Waals surface area contributed by atoms with Crippen molar-refractivity contribution in [2.45, 2.75) is 33.5 Å². The van der Waals surface area contributed by atoms with Crippen LogP contribution in [-0.2, 0) is 9.47 Å². The molecule has 0 N–H and O–H groups in total. The van der Waals surface area contributed by atoms with Gasteiger partial charge in [0.2, 0.25) is 0 Å². The van der Waals surface area contributed by atoms with E-state index >= 15 is 0 Å². The molecule has 2 rings (SSSR count). The Morgan fingerprint density at radius 3 is 2.50 bits per heavy atom. The summed E-state index contributed by atoms with van der Waals surface area (Å²) in [4.78, 5) is 0. The Balaban J connectivity index is 2.13. The highest BCUT2D eigenvalue weighted by Crippen LogP contribution is 2.47. The van der Waals surface area contributed by atoms with Crippen LogP contribution in [0.25, 0.3) is 0 Å². The normalized spacial score (nSPS) is 22.8. The molecule has 18 heavy (non-hydrogen) atoms. The van der Waals surface area contributed by atoms with Crippen molar-refractivity contribution in [3.63, 3.8) is 0 Å². The van der Waals surface area contributed by atoms with E-state index in [2.05, 4.69) is 31.7 Å². The lowest BCUT2D eigenvalue weighted by atomic mass is 9.97. The lowest BCUT2D eigenvalue weighted by Crippen LogP contribution is -2.16. The summed E-state index contributed by atoms with van der Waals surface area (Å²) >= 11 is 0. The van der Waals surface area contributed by atoms with Crippen LogP contribution in [0.15, 0.2) is 47.1 Å². The van der Waals surface area contributed by atoms with Gasteiger partial charge < -0.3 is 9.47 Å². The van der Waals surface area contributed by atoms with Gasteiger partial charge in [-0.1, -0.05) is 31.7 Å². The first-order valence-corrected chi connectivity index (χ1v) is 6.74. The fourth-order valence-electron chi connectivity index (χ4n) is 2.26. The highest BCUT2D eigenvalue weighted by atomic mass is 16.7. The molecule has 0 amide bonds. The van der Waals surface area contributed by atoms with Crippen LogP contribution < -0.4 is 0 Å². The molecule has 0 aromatic heterocycles. The topological polar surface area (TPSA) is 18.5 Å². The van der Waals surface area contributed by atoms with Gasteiger partial charge in [-0.25, -0.2) is 0 Å². The van der Waals surface area contributed by atoms with E-state index in [1.807, 2.05) is 13.8 Å². The number of hydrogen-bond acceptors (Lipinski definition) is 2. The fraction of sp³-hybridized carbons (Fsp3) is 0.500. The monoisotopic (exact) mass is 246 g/mol. The van der Waals surface area contributed by atoms with Crippen molar-refractivity contribution in [1.82, 2.24) is 0 Å². The molecule has 0 saturated heterocycles. The second-order valence-corrected chi connectivity index (χ2v) is 4.74. The van der Waals surface area contributed by atoms with Crippen molar-refractivity contribution in [3.8, 4) is 0 Å². The van der Waals surface area contributed by atoms with Gasteiger partial charge in [-0.3, -0.25) is 0 Å². The van der Waals surface area contributed by atoms with E-state index in [0.717, 1.165) is 17.6 Å². The zero-order valence-electron chi connectivity index (χ0n) is 11.5. The third kappa shape index (κ3) is 2.65. The Bertz CT molecular complexity index is 420. The third-order valence-corrected chi connectivity index (χ3v) is 3.31. The van der Waals surface area contributed by atoms with Crippen molar-refractivity contribution in [2.75, 3.05) is 13.2 Å². The number of rotatable bonds is 6. The zero-order chi connectivity index (χ0) is 13.1. The van der Waals surface area contributed by atoms with Crippen LogP contribution >= 0.6 is 0 Å². The molecule has 0 aliphatic heterocycles. The molecule has 2 heteroatoms. The van der Waals surface area contributed by atoms with Crippen LogP contribution in [-0.4, -0.2) is 19.5 Å². The Kier molecular flexibility index (Phi) is 4.20. The first-order valence-electron chi connectivity index (χ1n) is 6.74. The highest BCUT2D eigenvalue weighted by Gasteiger charge is 2.36. The standard InChI is InChI=1S/C16H22O2/c1-5-17-16(18-6-2)15-12(4)14(15)13-9-7-11(3)8-10-13/h7,9-11,16H,4-6,8H2,1-3H3. The molecule has 2 aliphatic rings. The first kappa shape index (κ1) is 13.3. The van der Waals surface area contributed by atoms with Gasteiger partial charge in [0.25, 0.3) is 0 Å². The molecule has 2 nitrogen and oxygen atoms in total. The van der Waals surface area contributed by atoms with E-state index < -0.39 is 0 Å². The Morgan fingerprint density at radius 1 is 1.33 bits per heavy atom. The molecule has 0 spiro atoms. The fourth-order valence-corrected chi connectivity index (χ4v) is 2.26. The summed E-state index contributed by atoms with van der Waals surface area (Å²) in [5, 5.41) is 0.